The van der Waals surface area contributed by atoms with E-state index >= 15 is 0 Å². The number of hydrogen-bond acceptors (Lipinski definition) is 5. The molecule has 0 aliphatic carbocycles. The van der Waals surface area contributed by atoms with Crippen LogP contribution in [0.4, 0.5) is 0 Å². The first kappa shape index (κ1) is 15.1. The number of nitrogens with two attached hydrogens (primary N) is 1. The molecule has 2 heterocycles. The summed E-state index contributed by atoms with van der Waals surface area (Å²) < 4.78 is 5.29. The molecule has 0 bridgehead atoms. The number of nitrogens with zero attached hydrogens (tertiary/aromatic N) is 1. The van der Waals surface area contributed by atoms with Gasteiger partial charge in [-0.15, -0.1) is 0 Å². The monoisotopic (exact) mass is 287 g/mol. The van der Waals surface area contributed by atoms with Crippen molar-refractivity contribution in [2.75, 3.05) is 50.9 Å². The van der Waals surface area contributed by atoms with Gasteiger partial charge in [0.15, 0.2) is 0 Å². The van der Waals surface area contributed by atoms with E-state index in [9.17, 15) is 4.79 Å². The number of ether oxygens (including phenoxy) is 1. The second kappa shape index (κ2) is 8.09. The van der Waals surface area contributed by atoms with Crippen molar-refractivity contribution < 1.29 is 9.53 Å². The number of amides is 1. The highest BCUT2D eigenvalue weighted by atomic mass is 32.2. The van der Waals surface area contributed by atoms with Gasteiger partial charge in [0, 0.05) is 50.9 Å². The van der Waals surface area contributed by atoms with Gasteiger partial charge in [0.2, 0.25) is 5.91 Å². The van der Waals surface area contributed by atoms with Crippen LogP contribution in [0.25, 0.3) is 0 Å². The number of hydrogen-bond donors (Lipinski definition) is 2. The fourth-order valence-electron chi connectivity index (χ4n) is 2.57. The smallest absolute Gasteiger partial charge is 0.237 e. The van der Waals surface area contributed by atoms with Crippen molar-refractivity contribution in [1.82, 2.24) is 10.2 Å². The molecule has 1 amide bonds. The largest absolute Gasteiger partial charge is 0.381 e. The van der Waals surface area contributed by atoms with Crippen LogP contribution < -0.4 is 11.1 Å². The number of rotatable bonds is 5. The standard InChI is InChI=1S/C13H25N3O2S/c14-12(11-1-7-18-8-2-11)13(17)15-3-4-16-5-9-19-10-6-16/h11-12H,1-10,14H2,(H,15,17). The quantitative estimate of drug-likeness (QED) is 0.739. The Morgan fingerprint density at radius 2 is 2.05 bits per heavy atom. The second-order valence-corrected chi connectivity index (χ2v) is 6.45. The van der Waals surface area contributed by atoms with Crippen molar-refractivity contribution >= 4 is 17.7 Å². The van der Waals surface area contributed by atoms with Crippen LogP contribution in [0.2, 0.25) is 0 Å². The number of nitrogens with one attached hydrogen (secondary N) is 1. The highest BCUT2D eigenvalue weighted by Crippen LogP contribution is 2.17. The van der Waals surface area contributed by atoms with E-state index in [0.29, 0.717) is 6.54 Å². The van der Waals surface area contributed by atoms with Crippen LogP contribution in [-0.2, 0) is 9.53 Å². The van der Waals surface area contributed by atoms with E-state index in [2.05, 4.69) is 10.2 Å². The predicted molar refractivity (Wildman–Crippen MR) is 78.3 cm³/mol. The Kier molecular flexibility index (Phi) is 6.43. The number of carbonyl (C=O) groups is 1. The molecule has 1 atom stereocenters. The maximum Gasteiger partial charge on any atom is 0.237 e. The fourth-order valence-corrected chi connectivity index (χ4v) is 3.55. The third kappa shape index (κ3) is 4.95. The molecule has 0 aromatic heterocycles. The summed E-state index contributed by atoms with van der Waals surface area (Å²) in [6.45, 7) is 5.38. The summed E-state index contributed by atoms with van der Waals surface area (Å²) in [5.41, 5.74) is 6.03. The molecule has 19 heavy (non-hydrogen) atoms. The van der Waals surface area contributed by atoms with E-state index in [1.54, 1.807) is 0 Å². The van der Waals surface area contributed by atoms with Gasteiger partial charge < -0.3 is 15.8 Å². The molecule has 110 valence electrons. The summed E-state index contributed by atoms with van der Waals surface area (Å²) in [6.07, 6.45) is 1.80. The SMILES string of the molecule is NC(C(=O)NCCN1CCSCC1)C1CCOCC1. The van der Waals surface area contributed by atoms with Crippen LogP contribution in [0.15, 0.2) is 0 Å². The normalized spacial score (nSPS) is 24.1. The van der Waals surface area contributed by atoms with Crippen LogP contribution in [-0.4, -0.2) is 67.7 Å². The molecule has 0 radical (unpaired) electrons. The predicted octanol–water partition coefficient (Wildman–Crippen LogP) is -0.0947. The van der Waals surface area contributed by atoms with Gasteiger partial charge in [-0.25, -0.2) is 0 Å². The summed E-state index contributed by atoms with van der Waals surface area (Å²) >= 11 is 2.00. The maximum atomic E-state index is 12.0. The van der Waals surface area contributed by atoms with Crippen LogP contribution in [0.3, 0.4) is 0 Å². The molecular weight excluding hydrogens is 262 g/mol. The first-order valence-corrected chi connectivity index (χ1v) is 8.34. The molecule has 3 N–H and O–H groups in total. The number of thioether (sulfide) groups is 1. The van der Waals surface area contributed by atoms with Gasteiger partial charge in [-0.05, 0) is 18.8 Å². The summed E-state index contributed by atoms with van der Waals surface area (Å²) in [5, 5.41) is 2.97. The van der Waals surface area contributed by atoms with Crippen molar-refractivity contribution in [3.05, 3.63) is 0 Å². The summed E-state index contributed by atoms with van der Waals surface area (Å²) in [7, 11) is 0. The minimum atomic E-state index is -0.374. The zero-order valence-corrected chi connectivity index (χ0v) is 12.3. The Morgan fingerprint density at radius 1 is 1.37 bits per heavy atom. The third-order valence-electron chi connectivity index (χ3n) is 3.91. The first-order chi connectivity index (χ1) is 9.27. The molecular formula is C13H25N3O2S. The molecule has 0 aromatic carbocycles. The summed E-state index contributed by atoms with van der Waals surface area (Å²) in [5.74, 6) is 2.68. The minimum absolute atomic E-state index is 0.00159. The van der Waals surface area contributed by atoms with Gasteiger partial charge in [-0.2, -0.15) is 11.8 Å². The van der Waals surface area contributed by atoms with Gasteiger partial charge in [-0.3, -0.25) is 9.69 Å². The molecule has 2 saturated heterocycles. The topological polar surface area (TPSA) is 67.6 Å². The van der Waals surface area contributed by atoms with E-state index in [1.807, 2.05) is 11.8 Å². The second-order valence-electron chi connectivity index (χ2n) is 5.22. The van der Waals surface area contributed by atoms with Crippen LogP contribution >= 0.6 is 11.8 Å². The van der Waals surface area contributed by atoms with Gasteiger partial charge in [0.05, 0.1) is 6.04 Å². The molecule has 5 nitrogen and oxygen atoms in total. The molecule has 2 fully saturated rings. The van der Waals surface area contributed by atoms with E-state index in [4.69, 9.17) is 10.5 Å². The van der Waals surface area contributed by atoms with Gasteiger partial charge in [0.25, 0.3) is 0 Å². The summed E-state index contributed by atoms with van der Waals surface area (Å²) in [6, 6.07) is -0.374. The molecule has 0 spiro atoms. The van der Waals surface area contributed by atoms with E-state index < -0.39 is 0 Å². The Morgan fingerprint density at radius 3 is 2.74 bits per heavy atom. The van der Waals surface area contributed by atoms with Crippen molar-refractivity contribution in [1.29, 1.82) is 0 Å². The lowest BCUT2D eigenvalue weighted by atomic mass is 9.92. The molecule has 0 saturated carbocycles. The average molecular weight is 287 g/mol. The van der Waals surface area contributed by atoms with Crippen molar-refractivity contribution in [3.63, 3.8) is 0 Å². The first-order valence-electron chi connectivity index (χ1n) is 7.18. The van der Waals surface area contributed by atoms with E-state index in [1.165, 1.54) is 11.5 Å². The fraction of sp³-hybridized carbons (Fsp3) is 0.923. The van der Waals surface area contributed by atoms with Gasteiger partial charge >= 0.3 is 0 Å². The van der Waals surface area contributed by atoms with E-state index in [-0.39, 0.29) is 17.9 Å². The van der Waals surface area contributed by atoms with Gasteiger partial charge in [-0.1, -0.05) is 0 Å². The van der Waals surface area contributed by atoms with Crippen molar-refractivity contribution in [2.45, 2.75) is 18.9 Å². The minimum Gasteiger partial charge on any atom is -0.381 e. The molecule has 2 aliphatic rings. The lowest BCUT2D eigenvalue weighted by molar-refractivity contribution is -0.124. The lowest BCUT2D eigenvalue weighted by Gasteiger charge is -2.28. The molecule has 6 heteroatoms. The highest BCUT2D eigenvalue weighted by molar-refractivity contribution is 7.99. The molecule has 2 rings (SSSR count). The maximum absolute atomic E-state index is 12.0. The Bertz CT molecular complexity index is 279. The Hall–Kier alpha value is -0.300. The van der Waals surface area contributed by atoms with Crippen LogP contribution in [0.5, 0.6) is 0 Å². The molecule has 2 aliphatic heterocycles. The zero-order valence-electron chi connectivity index (χ0n) is 11.5. The lowest BCUT2D eigenvalue weighted by Crippen LogP contribution is -2.49. The van der Waals surface area contributed by atoms with E-state index in [0.717, 1.165) is 45.7 Å². The highest BCUT2D eigenvalue weighted by Gasteiger charge is 2.26. The van der Waals surface area contributed by atoms with Crippen molar-refractivity contribution in [3.8, 4) is 0 Å². The summed E-state index contributed by atoms with van der Waals surface area (Å²) in [4.78, 5) is 14.4. The molecule has 1 unspecified atom stereocenters. The van der Waals surface area contributed by atoms with Crippen LogP contribution in [0, 0.1) is 5.92 Å². The van der Waals surface area contributed by atoms with Crippen LogP contribution in [0.1, 0.15) is 12.8 Å². The third-order valence-corrected chi connectivity index (χ3v) is 4.85. The Labute approximate surface area is 119 Å². The molecule has 0 aromatic rings. The average Bonchev–Trinajstić information content (AvgIpc) is 2.48. The Balaban J connectivity index is 1.62. The van der Waals surface area contributed by atoms with Gasteiger partial charge in [0.1, 0.15) is 0 Å². The zero-order chi connectivity index (χ0) is 13.5. The van der Waals surface area contributed by atoms with Crippen molar-refractivity contribution in [2.24, 2.45) is 11.7 Å². The number of carbonyl (C=O) groups excluding carboxylic acids is 1.